The monoisotopic (exact) mass is 255 g/mol. The highest BCUT2D eigenvalue weighted by Crippen LogP contribution is 2.39. The largest absolute Gasteiger partial charge is 0.496 e. The van der Waals surface area contributed by atoms with Crippen molar-refractivity contribution in [3.8, 4) is 5.75 Å². The Hall–Kier alpha value is -0.800. The van der Waals surface area contributed by atoms with Gasteiger partial charge in [0.25, 0.3) is 0 Å². The molecule has 0 amide bonds. The topological polar surface area (TPSA) is 21.3 Å². The summed E-state index contributed by atoms with van der Waals surface area (Å²) in [5.74, 6) is 0.838. The lowest BCUT2D eigenvalue weighted by molar-refractivity contribution is 0.410. The first-order valence-electron chi connectivity index (χ1n) is 5.12. The van der Waals surface area contributed by atoms with Gasteiger partial charge in [-0.25, -0.2) is 0 Å². The number of ether oxygens (including phenoxy) is 1. The zero-order chi connectivity index (χ0) is 11.9. The highest BCUT2D eigenvalue weighted by molar-refractivity contribution is 7.80. The maximum atomic E-state index is 6.18. The van der Waals surface area contributed by atoms with Crippen molar-refractivity contribution < 1.29 is 4.74 Å². The molecule has 1 heterocycles. The van der Waals surface area contributed by atoms with Gasteiger partial charge in [0.2, 0.25) is 0 Å². The Morgan fingerprint density at radius 1 is 1.44 bits per heavy atom. The van der Waals surface area contributed by atoms with Crippen LogP contribution in [0.25, 0.3) is 0 Å². The van der Waals surface area contributed by atoms with Crippen LogP contribution in [0.1, 0.15) is 19.4 Å². The molecule has 16 heavy (non-hydrogen) atoms. The highest BCUT2D eigenvalue weighted by atomic mass is 35.5. The molecule has 2 nitrogen and oxygen atoms in total. The highest BCUT2D eigenvalue weighted by Gasteiger charge is 2.32. The molecule has 0 aliphatic carbocycles. The number of anilines is 1. The van der Waals surface area contributed by atoms with Crippen LogP contribution in [0.3, 0.4) is 0 Å². The second-order valence-corrected chi connectivity index (χ2v) is 5.35. The average molecular weight is 256 g/mol. The van der Waals surface area contributed by atoms with Crippen molar-refractivity contribution in [2.45, 2.75) is 25.8 Å². The molecule has 0 atom stereocenters. The molecule has 1 aliphatic rings. The van der Waals surface area contributed by atoms with Gasteiger partial charge in [0.05, 0.1) is 23.4 Å². The van der Waals surface area contributed by atoms with E-state index < -0.39 is 0 Å². The van der Waals surface area contributed by atoms with E-state index >= 15 is 0 Å². The first kappa shape index (κ1) is 11.7. The number of benzene rings is 1. The Morgan fingerprint density at radius 3 is 2.75 bits per heavy atom. The second kappa shape index (κ2) is 3.90. The Labute approximate surface area is 106 Å². The molecule has 1 aromatic carbocycles. The number of halogens is 1. The van der Waals surface area contributed by atoms with Gasteiger partial charge in [0, 0.05) is 16.8 Å². The Morgan fingerprint density at radius 2 is 2.12 bits per heavy atom. The second-order valence-electron chi connectivity index (χ2n) is 4.45. The van der Waals surface area contributed by atoms with Crippen molar-refractivity contribution >= 4 is 34.4 Å². The van der Waals surface area contributed by atoms with Gasteiger partial charge in [-0.15, -0.1) is 0 Å². The van der Waals surface area contributed by atoms with Crippen LogP contribution in [0.4, 0.5) is 5.69 Å². The van der Waals surface area contributed by atoms with Crippen molar-refractivity contribution in [1.82, 2.24) is 0 Å². The lowest BCUT2D eigenvalue weighted by Crippen LogP contribution is -2.43. The molecular formula is C12H14ClNOS. The van der Waals surface area contributed by atoms with E-state index in [4.69, 9.17) is 28.6 Å². The first-order valence-corrected chi connectivity index (χ1v) is 5.91. The Kier molecular flexibility index (Phi) is 2.84. The first-order chi connectivity index (χ1) is 7.45. The summed E-state index contributed by atoms with van der Waals surface area (Å²) in [6.45, 7) is 4.13. The number of nitrogens with one attached hydrogen (secondary N) is 1. The van der Waals surface area contributed by atoms with Gasteiger partial charge in [-0.1, -0.05) is 23.8 Å². The van der Waals surface area contributed by atoms with E-state index in [0.717, 1.165) is 28.3 Å². The van der Waals surface area contributed by atoms with Gasteiger partial charge in [-0.05, 0) is 26.0 Å². The summed E-state index contributed by atoms with van der Waals surface area (Å²) in [4.78, 5) is 0.973. The molecule has 2 rings (SSSR count). The lowest BCUT2D eigenvalue weighted by atomic mass is 9.88. The number of thiocarbonyl (C=S) groups is 1. The minimum Gasteiger partial charge on any atom is -0.496 e. The third-order valence-electron chi connectivity index (χ3n) is 2.91. The summed E-state index contributed by atoms with van der Waals surface area (Å²) in [5.41, 5.74) is 1.80. The number of fused-ring (bicyclic) bond motifs is 1. The minimum absolute atomic E-state index is 0.196. The molecule has 0 saturated heterocycles. The summed E-state index contributed by atoms with van der Waals surface area (Å²) in [6.07, 6.45) is 0.731. The SMILES string of the molecule is COc1ccc(Cl)c2c1CC(=S)C(C)(C)N2. The maximum absolute atomic E-state index is 6.18. The fourth-order valence-electron chi connectivity index (χ4n) is 1.87. The maximum Gasteiger partial charge on any atom is 0.124 e. The van der Waals surface area contributed by atoms with Crippen LogP contribution in [-0.2, 0) is 6.42 Å². The molecule has 0 radical (unpaired) electrons. The predicted molar refractivity (Wildman–Crippen MR) is 72.0 cm³/mol. The van der Waals surface area contributed by atoms with E-state index in [1.807, 2.05) is 12.1 Å². The van der Waals surface area contributed by atoms with Crippen molar-refractivity contribution in [1.29, 1.82) is 0 Å². The van der Waals surface area contributed by atoms with Crippen molar-refractivity contribution in [3.63, 3.8) is 0 Å². The van der Waals surface area contributed by atoms with Crippen LogP contribution in [0.2, 0.25) is 5.02 Å². The van der Waals surface area contributed by atoms with Gasteiger partial charge < -0.3 is 10.1 Å². The predicted octanol–water partition coefficient (Wildman–Crippen LogP) is 3.47. The molecule has 1 aliphatic heterocycles. The van der Waals surface area contributed by atoms with Gasteiger partial charge in [0.1, 0.15) is 5.75 Å². The van der Waals surface area contributed by atoms with E-state index in [1.54, 1.807) is 7.11 Å². The Balaban J connectivity index is 2.57. The molecule has 86 valence electrons. The van der Waals surface area contributed by atoms with E-state index in [0.29, 0.717) is 5.02 Å². The van der Waals surface area contributed by atoms with E-state index in [1.165, 1.54) is 0 Å². The zero-order valence-electron chi connectivity index (χ0n) is 9.56. The summed E-state index contributed by atoms with van der Waals surface area (Å²) in [5, 5.41) is 4.09. The van der Waals surface area contributed by atoms with Crippen LogP contribution in [0, 0.1) is 0 Å². The van der Waals surface area contributed by atoms with Crippen molar-refractivity contribution in [2.75, 3.05) is 12.4 Å². The third kappa shape index (κ3) is 1.78. The molecule has 0 saturated carbocycles. The van der Waals surface area contributed by atoms with Gasteiger partial charge in [0.15, 0.2) is 0 Å². The van der Waals surface area contributed by atoms with Crippen LogP contribution in [0.5, 0.6) is 5.75 Å². The number of rotatable bonds is 1. The fraction of sp³-hybridized carbons (Fsp3) is 0.417. The summed E-state index contributed by atoms with van der Waals surface area (Å²) in [7, 11) is 1.66. The molecule has 0 unspecified atom stereocenters. The van der Waals surface area contributed by atoms with Gasteiger partial charge in [-0.3, -0.25) is 0 Å². The third-order valence-corrected chi connectivity index (χ3v) is 3.88. The average Bonchev–Trinajstić information content (AvgIpc) is 2.22. The quantitative estimate of drug-likeness (QED) is 0.777. The van der Waals surface area contributed by atoms with E-state index in [2.05, 4.69) is 19.2 Å². The fourth-order valence-corrected chi connectivity index (χ4v) is 2.29. The minimum atomic E-state index is -0.196. The number of hydrogen-bond acceptors (Lipinski definition) is 3. The zero-order valence-corrected chi connectivity index (χ0v) is 11.1. The van der Waals surface area contributed by atoms with Crippen LogP contribution in [0.15, 0.2) is 12.1 Å². The summed E-state index contributed by atoms with van der Waals surface area (Å²) in [6, 6.07) is 3.72. The molecule has 4 heteroatoms. The number of methoxy groups -OCH3 is 1. The van der Waals surface area contributed by atoms with E-state index in [-0.39, 0.29) is 5.54 Å². The van der Waals surface area contributed by atoms with Crippen LogP contribution < -0.4 is 10.1 Å². The van der Waals surface area contributed by atoms with Gasteiger partial charge >= 0.3 is 0 Å². The summed E-state index contributed by atoms with van der Waals surface area (Å²) >= 11 is 11.6. The normalized spacial score (nSPS) is 17.6. The molecule has 1 N–H and O–H groups in total. The van der Waals surface area contributed by atoms with Crippen LogP contribution >= 0.6 is 23.8 Å². The number of hydrogen-bond donors (Lipinski definition) is 1. The molecule has 0 fully saturated rings. The van der Waals surface area contributed by atoms with Gasteiger partial charge in [-0.2, -0.15) is 0 Å². The van der Waals surface area contributed by atoms with Crippen LogP contribution in [-0.4, -0.2) is 17.5 Å². The van der Waals surface area contributed by atoms with E-state index in [9.17, 15) is 0 Å². The Bertz CT molecular complexity index is 457. The molecule has 0 spiro atoms. The lowest BCUT2D eigenvalue weighted by Gasteiger charge is -2.35. The van der Waals surface area contributed by atoms with Crippen molar-refractivity contribution in [3.05, 3.63) is 22.7 Å². The molecular weight excluding hydrogens is 242 g/mol. The standard InChI is InChI=1S/C12H14ClNOS/c1-12(2)10(16)6-7-9(15-3)5-4-8(13)11(7)14-12/h4-5,14H,6H2,1-3H3. The van der Waals surface area contributed by atoms with Crippen molar-refractivity contribution in [2.24, 2.45) is 0 Å². The summed E-state index contributed by atoms with van der Waals surface area (Å²) < 4.78 is 5.33. The molecule has 1 aromatic rings. The molecule has 0 aromatic heterocycles. The smallest absolute Gasteiger partial charge is 0.124 e. The molecule has 0 bridgehead atoms.